The fourth-order valence-electron chi connectivity index (χ4n) is 13.0. The predicted molar refractivity (Wildman–Crippen MR) is 366 cm³/mol. The SMILES string of the molecule is CCCCC[N+]1=C(/C=C/C2=C(Oc3ccc(C[C@H](CC(=O)[C@H](Cc4ccccc4)NC(=O)CCCCCCCCC(=O)CC[C@H](NC(=O)NCC)C(=O)O)C(=O)O)cc3)C(=C/C=C3/N(CCCCS(=O)(=O)O)c4ccccc4C3(C)C)/CCC2)C(C)(C)c2ccccc21. The van der Waals surface area contributed by atoms with Crippen molar-refractivity contribution in [3.8, 4) is 5.75 Å². The van der Waals surface area contributed by atoms with Gasteiger partial charge in [-0.3, -0.25) is 23.7 Å². The van der Waals surface area contributed by atoms with Crippen molar-refractivity contribution in [3.05, 3.63) is 172 Å². The summed E-state index contributed by atoms with van der Waals surface area (Å²) in [7, 11) is -4.10. The number of allylic oxidation sites excluding steroid dienone is 7. The average Bonchev–Trinajstić information content (AvgIpc) is 1.61. The number of amides is 3. The predicted octanol–water partition coefficient (Wildman–Crippen LogP) is 13.8. The van der Waals surface area contributed by atoms with Gasteiger partial charge in [0, 0.05) is 79.7 Å². The van der Waals surface area contributed by atoms with Gasteiger partial charge in [-0.2, -0.15) is 13.0 Å². The number of fused-ring (bicyclic) bond motifs is 2. The number of rotatable bonds is 38. The molecule has 3 amide bonds. The molecule has 18 heteroatoms. The van der Waals surface area contributed by atoms with Crippen LogP contribution in [0.3, 0.4) is 0 Å². The van der Waals surface area contributed by atoms with E-state index in [9.17, 15) is 52.0 Å². The third-order valence-corrected chi connectivity index (χ3v) is 19.0. The zero-order valence-corrected chi connectivity index (χ0v) is 56.2. The van der Waals surface area contributed by atoms with Gasteiger partial charge in [0.05, 0.1) is 23.1 Å². The van der Waals surface area contributed by atoms with Crippen molar-refractivity contribution < 1.29 is 61.3 Å². The number of para-hydroxylation sites is 2. The quantitative estimate of drug-likeness (QED) is 0.0139. The number of ketones is 2. The van der Waals surface area contributed by atoms with Crippen molar-refractivity contribution >= 4 is 62.6 Å². The number of benzene rings is 4. The summed E-state index contributed by atoms with van der Waals surface area (Å²) in [6.45, 7) is 14.7. The van der Waals surface area contributed by atoms with E-state index in [1.165, 1.54) is 17.0 Å². The summed E-state index contributed by atoms with van der Waals surface area (Å²) in [5.74, 6) is -3.13. The molecule has 2 aliphatic heterocycles. The van der Waals surface area contributed by atoms with E-state index in [0.29, 0.717) is 56.5 Å². The Bertz CT molecular complexity index is 3530. The molecule has 3 atom stereocenters. The van der Waals surface area contributed by atoms with E-state index < -0.39 is 51.5 Å². The second-order valence-electron chi connectivity index (χ2n) is 26.0. The molecule has 0 saturated heterocycles. The van der Waals surface area contributed by atoms with Gasteiger partial charge in [0.2, 0.25) is 11.6 Å². The van der Waals surface area contributed by atoms with Crippen molar-refractivity contribution in [2.75, 3.05) is 30.3 Å². The lowest BCUT2D eigenvalue weighted by Gasteiger charge is -2.27. The van der Waals surface area contributed by atoms with Gasteiger partial charge in [-0.15, -0.1) is 0 Å². The molecule has 2 heterocycles. The number of hydrogen-bond donors (Lipinski definition) is 6. The van der Waals surface area contributed by atoms with Crippen LogP contribution in [0.25, 0.3) is 0 Å². The summed E-state index contributed by atoms with van der Waals surface area (Å²) < 4.78 is 42.4. The highest BCUT2D eigenvalue weighted by atomic mass is 32.2. The molecule has 4 aromatic carbocycles. The van der Waals surface area contributed by atoms with Crippen molar-refractivity contribution in [1.82, 2.24) is 16.0 Å². The first-order valence-electron chi connectivity index (χ1n) is 33.5. The Morgan fingerprint density at radius 2 is 1.33 bits per heavy atom. The van der Waals surface area contributed by atoms with Gasteiger partial charge < -0.3 is 35.8 Å². The lowest BCUT2D eigenvalue weighted by Crippen LogP contribution is -2.46. The first-order valence-corrected chi connectivity index (χ1v) is 35.2. The fraction of sp³-hybridized carbons (Fsp3) is 0.480. The summed E-state index contributed by atoms with van der Waals surface area (Å²) in [6, 6.07) is 31.0. The largest absolute Gasteiger partial charge is 0.481 e. The van der Waals surface area contributed by atoms with Gasteiger partial charge >= 0.3 is 18.0 Å². The number of unbranched alkanes of at least 4 members (excludes halogenated alkanes) is 8. The number of hydrogen-bond acceptors (Lipinski definition) is 10. The second-order valence-corrected chi connectivity index (χ2v) is 27.6. The van der Waals surface area contributed by atoms with Crippen LogP contribution in [0.15, 0.2) is 150 Å². The molecule has 0 unspecified atom stereocenters. The Balaban J connectivity index is 1.05. The summed E-state index contributed by atoms with van der Waals surface area (Å²) in [6.07, 6.45) is 20.4. The molecule has 1 aliphatic carbocycles. The molecule has 6 N–H and O–H groups in total. The van der Waals surface area contributed by atoms with E-state index in [2.05, 4.69) is 121 Å². The summed E-state index contributed by atoms with van der Waals surface area (Å²) in [5, 5.41) is 27.9. The highest BCUT2D eigenvalue weighted by Gasteiger charge is 2.44. The Morgan fingerprint density at radius 3 is 2.02 bits per heavy atom. The molecule has 0 saturated carbocycles. The average molecular weight is 1290 g/mol. The Kier molecular flexibility index (Phi) is 27.1. The summed E-state index contributed by atoms with van der Waals surface area (Å²) in [5.41, 5.74) is 9.94. The molecule has 7 rings (SSSR count). The zero-order chi connectivity index (χ0) is 67.1. The number of carbonyl (C=O) groups excluding carboxylic acids is 4. The van der Waals surface area contributed by atoms with Crippen LogP contribution in [0.4, 0.5) is 16.2 Å². The van der Waals surface area contributed by atoms with Crippen LogP contribution in [-0.4, -0.2) is 106 Å². The Hall–Kier alpha value is -7.96. The minimum absolute atomic E-state index is 0.0133. The number of urea groups is 1. The molecule has 93 heavy (non-hydrogen) atoms. The lowest BCUT2D eigenvalue weighted by molar-refractivity contribution is -0.438. The number of nitrogens with one attached hydrogen (secondary N) is 3. The molecule has 0 spiro atoms. The molecule has 3 aliphatic rings. The summed E-state index contributed by atoms with van der Waals surface area (Å²) >= 11 is 0. The van der Waals surface area contributed by atoms with Crippen LogP contribution in [-0.2, 0) is 57.8 Å². The van der Waals surface area contributed by atoms with E-state index in [-0.39, 0.29) is 67.2 Å². The molecule has 500 valence electrons. The normalized spacial score (nSPS) is 16.9. The number of ether oxygens (including phenoxy) is 1. The molecule has 4 aromatic rings. The summed E-state index contributed by atoms with van der Waals surface area (Å²) in [4.78, 5) is 78.8. The molecule has 0 bridgehead atoms. The molecular formula is C75H98N5O12S+. The van der Waals surface area contributed by atoms with Gasteiger partial charge in [-0.25, -0.2) is 9.59 Å². The van der Waals surface area contributed by atoms with Gasteiger partial charge in [0.15, 0.2) is 11.5 Å². The first kappa shape index (κ1) is 72.5. The first-order chi connectivity index (χ1) is 44.5. The van der Waals surface area contributed by atoms with E-state index in [1.54, 1.807) is 6.92 Å². The van der Waals surface area contributed by atoms with Crippen LogP contribution in [0.2, 0.25) is 0 Å². The third-order valence-electron chi connectivity index (χ3n) is 18.2. The van der Waals surface area contributed by atoms with Crippen molar-refractivity contribution in [2.24, 2.45) is 5.92 Å². The Morgan fingerprint density at radius 1 is 0.667 bits per heavy atom. The number of anilines is 1. The highest BCUT2D eigenvalue weighted by Crippen LogP contribution is 2.48. The molecule has 0 aromatic heterocycles. The van der Waals surface area contributed by atoms with E-state index in [0.717, 1.165) is 110 Å². The van der Waals surface area contributed by atoms with Gasteiger partial charge in [-0.05, 0) is 150 Å². The Labute approximate surface area is 550 Å². The fourth-order valence-corrected chi connectivity index (χ4v) is 13.6. The molecular weight excluding hydrogens is 1190 g/mol. The number of carboxylic acids is 2. The van der Waals surface area contributed by atoms with Crippen LogP contribution < -0.4 is 25.6 Å². The lowest BCUT2D eigenvalue weighted by atomic mass is 9.81. The maximum Gasteiger partial charge on any atom is 0.326 e. The van der Waals surface area contributed by atoms with Crippen molar-refractivity contribution in [2.45, 2.75) is 199 Å². The maximum absolute atomic E-state index is 14.2. The standard InChI is InChI=1S/C75H97N5O12S/c1-7-9-23-47-79-64-34-21-19-32-60(64)74(3,4)67(79)45-39-55-29-26-30-56(40-46-68-75(5,6)61-33-20-22-35-65(61)80(68)48-24-25-49-93(89,90)91)70(55)92-59-42-37-54(38-43-59)50-57(71(84)85)52-66(82)63(51-53-27-15-14-16-28-53)77-69(83)36-18-13-11-10-12-17-31-58(81)41-44-62(72(86)87)78-73(88)76-8-2/h14-16,19-22,27-28,32-35,37-40,42-43,45-46,57,62-63H,7-13,17-18,23-26,29-31,36,41,44,47-52H2,1-6H3,(H5-,76,77,78,83,84,85,86,87,88,89,90,91)/p+1/t57-,62+,63+/m1/s1. The minimum Gasteiger partial charge on any atom is -0.481 e. The number of Topliss-reactive ketones (excluding diaryl/α,β-unsaturated/α-hetero) is 2. The zero-order valence-electron chi connectivity index (χ0n) is 55.4. The van der Waals surface area contributed by atoms with Crippen LogP contribution in [0, 0.1) is 5.92 Å². The second kappa shape index (κ2) is 34.8. The number of carbonyl (C=O) groups is 6. The van der Waals surface area contributed by atoms with E-state index in [4.69, 9.17) is 4.74 Å². The molecule has 0 radical (unpaired) electrons. The maximum atomic E-state index is 14.2. The van der Waals surface area contributed by atoms with Gasteiger partial charge in [0.1, 0.15) is 29.9 Å². The topological polar surface area (TPSA) is 249 Å². The van der Waals surface area contributed by atoms with Gasteiger partial charge in [-0.1, -0.05) is 138 Å². The number of carboxylic acid groups (broad SMARTS) is 2. The number of aliphatic carboxylic acids is 2. The number of nitrogens with zero attached hydrogens (tertiary/aromatic N) is 2. The van der Waals surface area contributed by atoms with Crippen LogP contribution in [0.1, 0.15) is 186 Å². The monoisotopic (exact) mass is 1290 g/mol. The van der Waals surface area contributed by atoms with E-state index in [1.807, 2.05) is 66.7 Å². The van der Waals surface area contributed by atoms with Gasteiger partial charge in [0.25, 0.3) is 10.1 Å². The van der Waals surface area contributed by atoms with E-state index >= 15 is 0 Å². The van der Waals surface area contributed by atoms with Crippen LogP contribution >= 0.6 is 0 Å². The van der Waals surface area contributed by atoms with Crippen molar-refractivity contribution in [3.63, 3.8) is 0 Å². The van der Waals surface area contributed by atoms with Crippen LogP contribution in [0.5, 0.6) is 5.75 Å². The molecule has 0 fully saturated rings. The molecule has 17 nitrogen and oxygen atoms in total. The highest BCUT2D eigenvalue weighted by molar-refractivity contribution is 7.85. The smallest absolute Gasteiger partial charge is 0.326 e. The third kappa shape index (κ3) is 21.0. The minimum atomic E-state index is -4.10. The van der Waals surface area contributed by atoms with Crippen molar-refractivity contribution in [1.29, 1.82) is 0 Å².